The summed E-state index contributed by atoms with van der Waals surface area (Å²) in [5.74, 6) is -2.61. The van der Waals surface area contributed by atoms with Crippen LogP contribution < -0.4 is 5.11 Å². The van der Waals surface area contributed by atoms with E-state index in [4.69, 9.17) is 4.74 Å². The average Bonchev–Trinajstić information content (AvgIpc) is 2.89. The van der Waals surface area contributed by atoms with Gasteiger partial charge in [-0.3, -0.25) is 4.79 Å². The predicted octanol–water partition coefficient (Wildman–Crippen LogP) is -1.32. The van der Waals surface area contributed by atoms with Gasteiger partial charge in [-0.25, -0.2) is 0 Å². The molecule has 4 atom stereocenters. The minimum absolute atomic E-state index is 0.0615. The van der Waals surface area contributed by atoms with Crippen molar-refractivity contribution < 1.29 is 19.4 Å². The van der Waals surface area contributed by atoms with E-state index >= 15 is 0 Å². The van der Waals surface area contributed by atoms with Gasteiger partial charge in [0.05, 0.1) is 18.6 Å². The standard InChI is InChI=1S/C12H13NO4/c14-10-9-8(11(15)16)7-3-4-12(9,17-7)5-13(10)6-1-2-6/h3-4,6-9H,1-2,5H2,(H,15,16)/p-1/t7-,8-,9+,12-/m1/s1. The number of nitrogens with zero attached hydrogens (tertiary/aromatic N) is 1. The first-order chi connectivity index (χ1) is 8.12. The normalized spacial score (nSPS) is 46.7. The Kier molecular flexibility index (Phi) is 1.54. The summed E-state index contributed by atoms with van der Waals surface area (Å²) in [5.41, 5.74) is -0.685. The molecule has 4 rings (SSSR count). The fourth-order valence-electron chi connectivity index (χ4n) is 3.49. The van der Waals surface area contributed by atoms with Gasteiger partial charge in [0.15, 0.2) is 0 Å². The molecule has 0 aromatic heterocycles. The molecule has 90 valence electrons. The Morgan fingerprint density at radius 1 is 1.53 bits per heavy atom. The molecule has 4 aliphatic rings. The van der Waals surface area contributed by atoms with Crippen LogP contribution in [-0.4, -0.2) is 41.1 Å². The Morgan fingerprint density at radius 2 is 2.29 bits per heavy atom. The number of carbonyl (C=O) groups excluding carboxylic acids is 2. The summed E-state index contributed by atoms with van der Waals surface area (Å²) in [6.45, 7) is 0.512. The summed E-state index contributed by atoms with van der Waals surface area (Å²) in [6.07, 6.45) is 5.22. The van der Waals surface area contributed by atoms with E-state index in [2.05, 4.69) is 0 Å². The smallest absolute Gasteiger partial charge is 0.230 e. The molecule has 3 fully saturated rings. The minimum atomic E-state index is -1.17. The van der Waals surface area contributed by atoms with Gasteiger partial charge in [-0.15, -0.1) is 0 Å². The monoisotopic (exact) mass is 234 g/mol. The number of likely N-dealkylation sites (tertiary alicyclic amines) is 1. The lowest BCUT2D eigenvalue weighted by atomic mass is 9.77. The molecule has 1 amide bonds. The molecular weight excluding hydrogens is 222 g/mol. The second kappa shape index (κ2) is 2.72. The van der Waals surface area contributed by atoms with Gasteiger partial charge >= 0.3 is 0 Å². The minimum Gasteiger partial charge on any atom is -0.550 e. The van der Waals surface area contributed by atoms with Gasteiger partial charge in [0, 0.05) is 17.9 Å². The molecule has 5 nitrogen and oxygen atoms in total. The Labute approximate surface area is 98.0 Å². The number of hydrogen-bond acceptors (Lipinski definition) is 4. The molecular formula is C12H12NO4-. The van der Waals surface area contributed by atoms with Crippen LogP contribution in [0, 0.1) is 11.8 Å². The SMILES string of the molecule is O=C([O-])[C@H]1[C@H]2C(=O)N(C3CC3)C[C@]23C=C[C@H]1O3. The number of carboxylic acids is 1. The van der Waals surface area contributed by atoms with Crippen LogP contribution in [0.4, 0.5) is 0 Å². The molecule has 1 spiro atoms. The largest absolute Gasteiger partial charge is 0.550 e. The molecule has 0 unspecified atom stereocenters. The molecule has 1 saturated carbocycles. The van der Waals surface area contributed by atoms with E-state index in [0.717, 1.165) is 12.8 Å². The van der Waals surface area contributed by atoms with E-state index in [9.17, 15) is 14.7 Å². The van der Waals surface area contributed by atoms with E-state index in [-0.39, 0.29) is 5.91 Å². The van der Waals surface area contributed by atoms with Crippen molar-refractivity contribution in [2.24, 2.45) is 11.8 Å². The molecule has 3 heterocycles. The van der Waals surface area contributed by atoms with Crippen molar-refractivity contribution in [1.82, 2.24) is 4.90 Å². The lowest BCUT2D eigenvalue weighted by Gasteiger charge is -2.24. The maximum atomic E-state index is 12.3. The third-order valence-electron chi connectivity index (χ3n) is 4.39. The molecule has 0 aromatic rings. The van der Waals surface area contributed by atoms with Crippen LogP contribution in [0.25, 0.3) is 0 Å². The Balaban J connectivity index is 1.76. The Morgan fingerprint density at radius 3 is 2.94 bits per heavy atom. The third-order valence-corrected chi connectivity index (χ3v) is 4.39. The van der Waals surface area contributed by atoms with Gasteiger partial charge < -0.3 is 19.5 Å². The molecule has 2 bridgehead atoms. The van der Waals surface area contributed by atoms with E-state index in [0.29, 0.717) is 12.6 Å². The van der Waals surface area contributed by atoms with Gasteiger partial charge in [-0.1, -0.05) is 12.2 Å². The van der Waals surface area contributed by atoms with Crippen LogP contribution >= 0.6 is 0 Å². The summed E-state index contributed by atoms with van der Waals surface area (Å²) in [7, 11) is 0. The summed E-state index contributed by atoms with van der Waals surface area (Å²) in [4.78, 5) is 25.3. The number of ether oxygens (including phenoxy) is 1. The van der Waals surface area contributed by atoms with Crippen molar-refractivity contribution in [3.63, 3.8) is 0 Å². The van der Waals surface area contributed by atoms with Gasteiger partial charge in [-0.2, -0.15) is 0 Å². The first-order valence-corrected chi connectivity index (χ1v) is 6.01. The van der Waals surface area contributed by atoms with Crippen molar-refractivity contribution >= 4 is 11.9 Å². The van der Waals surface area contributed by atoms with Crippen LogP contribution in [-0.2, 0) is 14.3 Å². The molecule has 0 N–H and O–H groups in total. The van der Waals surface area contributed by atoms with Crippen molar-refractivity contribution in [3.8, 4) is 0 Å². The first-order valence-electron chi connectivity index (χ1n) is 6.01. The number of fused-ring (bicyclic) bond motifs is 1. The summed E-state index contributed by atoms with van der Waals surface area (Å²) < 4.78 is 5.74. The topological polar surface area (TPSA) is 69.7 Å². The number of hydrogen-bond donors (Lipinski definition) is 0. The number of rotatable bonds is 2. The Bertz CT molecular complexity index is 455. The molecule has 2 saturated heterocycles. The highest BCUT2D eigenvalue weighted by Crippen LogP contribution is 2.53. The van der Waals surface area contributed by atoms with Crippen molar-refractivity contribution in [2.75, 3.05) is 6.54 Å². The quantitative estimate of drug-likeness (QED) is 0.556. The van der Waals surface area contributed by atoms with Gasteiger partial charge in [0.2, 0.25) is 5.91 Å². The highest BCUT2D eigenvalue weighted by atomic mass is 16.5. The number of carbonyl (C=O) groups is 2. The van der Waals surface area contributed by atoms with Crippen molar-refractivity contribution in [2.45, 2.75) is 30.6 Å². The highest BCUT2D eigenvalue weighted by Gasteiger charge is 2.66. The maximum Gasteiger partial charge on any atom is 0.230 e. The fraction of sp³-hybridized carbons (Fsp3) is 0.667. The summed E-state index contributed by atoms with van der Waals surface area (Å²) >= 11 is 0. The van der Waals surface area contributed by atoms with Gasteiger partial charge in [0.1, 0.15) is 5.60 Å². The summed E-state index contributed by atoms with van der Waals surface area (Å²) in [6, 6.07) is 0.306. The zero-order valence-corrected chi connectivity index (χ0v) is 9.17. The second-order valence-corrected chi connectivity index (χ2v) is 5.42. The zero-order chi connectivity index (χ0) is 11.8. The van der Waals surface area contributed by atoms with Crippen LogP contribution in [0.1, 0.15) is 12.8 Å². The van der Waals surface area contributed by atoms with E-state index in [1.807, 2.05) is 6.08 Å². The molecule has 0 aromatic carbocycles. The van der Waals surface area contributed by atoms with Crippen molar-refractivity contribution in [3.05, 3.63) is 12.2 Å². The third kappa shape index (κ3) is 1.03. The van der Waals surface area contributed by atoms with Gasteiger partial charge in [-0.05, 0) is 12.8 Å². The fourth-order valence-corrected chi connectivity index (χ4v) is 3.49. The molecule has 0 radical (unpaired) electrons. The molecule has 17 heavy (non-hydrogen) atoms. The van der Waals surface area contributed by atoms with Crippen LogP contribution in [0.15, 0.2) is 12.2 Å². The number of amides is 1. The van der Waals surface area contributed by atoms with Crippen LogP contribution in [0.5, 0.6) is 0 Å². The first kappa shape index (κ1) is 9.65. The molecule has 1 aliphatic carbocycles. The van der Waals surface area contributed by atoms with Gasteiger partial charge in [0.25, 0.3) is 0 Å². The lowest BCUT2D eigenvalue weighted by Crippen LogP contribution is -2.45. The van der Waals surface area contributed by atoms with Crippen LogP contribution in [0.2, 0.25) is 0 Å². The Hall–Kier alpha value is -1.36. The molecule has 3 aliphatic heterocycles. The van der Waals surface area contributed by atoms with E-state index in [1.165, 1.54) is 0 Å². The zero-order valence-electron chi connectivity index (χ0n) is 9.17. The maximum absolute atomic E-state index is 12.3. The summed E-state index contributed by atoms with van der Waals surface area (Å²) in [5, 5.41) is 11.2. The van der Waals surface area contributed by atoms with Crippen LogP contribution in [0.3, 0.4) is 0 Å². The lowest BCUT2D eigenvalue weighted by molar-refractivity contribution is -0.313. The number of carboxylic acid groups (broad SMARTS) is 1. The second-order valence-electron chi connectivity index (χ2n) is 5.42. The highest BCUT2D eigenvalue weighted by molar-refractivity contribution is 5.90. The molecule has 5 heteroatoms. The average molecular weight is 234 g/mol. The number of aliphatic carboxylic acids is 1. The predicted molar refractivity (Wildman–Crippen MR) is 53.5 cm³/mol. The van der Waals surface area contributed by atoms with E-state index in [1.54, 1.807) is 11.0 Å². The van der Waals surface area contributed by atoms with Crippen molar-refractivity contribution in [1.29, 1.82) is 0 Å². The van der Waals surface area contributed by atoms with E-state index < -0.39 is 29.5 Å².